The smallest absolute Gasteiger partial charge is 0.151 e. The highest BCUT2D eigenvalue weighted by atomic mass is 15.2. The van der Waals surface area contributed by atoms with Crippen molar-refractivity contribution in [1.82, 2.24) is 10.2 Å². The van der Waals surface area contributed by atoms with Crippen LogP contribution in [0.2, 0.25) is 0 Å². The van der Waals surface area contributed by atoms with Crippen LogP contribution in [0, 0.1) is 6.92 Å². The zero-order chi connectivity index (χ0) is 6.97. The summed E-state index contributed by atoms with van der Waals surface area (Å²) in [4.78, 5) is 0. The Balaban J connectivity index is 2.45. The van der Waals surface area contributed by atoms with Crippen LogP contribution in [0.3, 0.4) is 0 Å². The van der Waals surface area contributed by atoms with Crippen LogP contribution in [0.1, 0.15) is 17.7 Å². The summed E-state index contributed by atoms with van der Waals surface area (Å²) in [6, 6.07) is 0. The molecule has 0 atom stereocenters. The van der Waals surface area contributed by atoms with Crippen molar-refractivity contribution < 1.29 is 0 Å². The molecule has 0 aromatic carbocycles. The largest absolute Gasteiger partial charge is 0.368 e. The molecule has 0 aliphatic carbocycles. The zero-order valence-corrected chi connectivity index (χ0v) is 6.07. The minimum atomic E-state index is 1.06. The molecule has 3 nitrogen and oxygen atoms in total. The number of aromatic amines is 1. The topological polar surface area (TPSA) is 40.7 Å². The molecule has 1 aromatic rings. The van der Waals surface area contributed by atoms with Crippen molar-refractivity contribution in [3.05, 3.63) is 11.3 Å². The van der Waals surface area contributed by atoms with Gasteiger partial charge in [0.05, 0.1) is 0 Å². The molecule has 1 aliphatic rings. The second-order valence-corrected chi connectivity index (χ2v) is 2.71. The Morgan fingerprint density at radius 2 is 2.40 bits per heavy atom. The Morgan fingerprint density at radius 3 is 3.20 bits per heavy atom. The molecule has 0 radical (unpaired) electrons. The second-order valence-electron chi connectivity index (χ2n) is 2.71. The van der Waals surface area contributed by atoms with E-state index >= 15 is 0 Å². The van der Waals surface area contributed by atoms with Crippen LogP contribution in [0.4, 0.5) is 5.82 Å². The van der Waals surface area contributed by atoms with E-state index < -0.39 is 0 Å². The second kappa shape index (κ2) is 2.01. The van der Waals surface area contributed by atoms with Crippen molar-refractivity contribution in [2.45, 2.75) is 19.8 Å². The molecule has 0 amide bonds. The number of aromatic nitrogens is 2. The number of rotatable bonds is 0. The van der Waals surface area contributed by atoms with E-state index in [4.69, 9.17) is 0 Å². The summed E-state index contributed by atoms with van der Waals surface area (Å²) >= 11 is 0. The lowest BCUT2D eigenvalue weighted by Gasteiger charge is -2.11. The third kappa shape index (κ3) is 0.701. The highest BCUT2D eigenvalue weighted by Crippen LogP contribution is 2.20. The molecule has 2 rings (SSSR count). The van der Waals surface area contributed by atoms with Crippen LogP contribution in [0.25, 0.3) is 0 Å². The van der Waals surface area contributed by atoms with Gasteiger partial charge >= 0.3 is 0 Å². The lowest BCUT2D eigenvalue weighted by atomic mass is 10.1. The Kier molecular flexibility index (Phi) is 1.16. The van der Waals surface area contributed by atoms with Crippen molar-refractivity contribution in [2.75, 3.05) is 11.9 Å². The molecule has 1 aromatic heterocycles. The predicted molar refractivity (Wildman–Crippen MR) is 40.1 cm³/mol. The average Bonchev–Trinajstić information content (AvgIpc) is 2.34. The van der Waals surface area contributed by atoms with Crippen LogP contribution >= 0.6 is 0 Å². The van der Waals surface area contributed by atoms with Gasteiger partial charge in [0.25, 0.3) is 0 Å². The van der Waals surface area contributed by atoms with Gasteiger partial charge in [0.1, 0.15) is 0 Å². The Labute approximate surface area is 59.8 Å². The summed E-state index contributed by atoms with van der Waals surface area (Å²) in [6.07, 6.45) is 2.40. The van der Waals surface area contributed by atoms with E-state index in [1.165, 1.54) is 24.1 Å². The Hall–Kier alpha value is -0.990. The fraction of sp³-hybridized carbons (Fsp3) is 0.571. The van der Waals surface area contributed by atoms with Crippen LogP contribution in [-0.2, 0) is 6.42 Å². The average molecular weight is 137 g/mol. The van der Waals surface area contributed by atoms with Crippen molar-refractivity contribution in [3.63, 3.8) is 0 Å². The molecule has 0 bridgehead atoms. The third-order valence-electron chi connectivity index (χ3n) is 1.97. The molecule has 2 N–H and O–H groups in total. The number of hydrogen-bond donors (Lipinski definition) is 2. The van der Waals surface area contributed by atoms with E-state index in [0.29, 0.717) is 0 Å². The van der Waals surface area contributed by atoms with Crippen LogP contribution < -0.4 is 5.32 Å². The number of nitrogens with one attached hydrogen (secondary N) is 2. The van der Waals surface area contributed by atoms with Gasteiger partial charge in [-0.3, -0.25) is 5.10 Å². The monoisotopic (exact) mass is 137 g/mol. The lowest BCUT2D eigenvalue weighted by molar-refractivity contribution is 0.824. The fourth-order valence-corrected chi connectivity index (χ4v) is 1.38. The third-order valence-corrected chi connectivity index (χ3v) is 1.97. The van der Waals surface area contributed by atoms with E-state index in [1.807, 2.05) is 0 Å². The standard InChI is InChI=1S/C7H11N3/c1-5-6-3-2-4-8-7(6)10-9-5/h2-4H2,1H3,(H2,8,9,10). The molecular weight excluding hydrogens is 126 g/mol. The van der Waals surface area contributed by atoms with Crippen LogP contribution in [0.5, 0.6) is 0 Å². The molecule has 10 heavy (non-hydrogen) atoms. The highest BCUT2D eigenvalue weighted by Gasteiger charge is 2.12. The minimum Gasteiger partial charge on any atom is -0.368 e. The van der Waals surface area contributed by atoms with Gasteiger partial charge < -0.3 is 5.32 Å². The number of H-pyrrole nitrogens is 1. The Bertz CT molecular complexity index is 239. The van der Waals surface area contributed by atoms with E-state index in [0.717, 1.165) is 12.4 Å². The summed E-state index contributed by atoms with van der Waals surface area (Å²) in [6.45, 7) is 3.14. The molecule has 1 aliphatic heterocycles. The first-order valence-corrected chi connectivity index (χ1v) is 3.65. The van der Waals surface area contributed by atoms with Crippen molar-refractivity contribution >= 4 is 5.82 Å². The normalized spacial score (nSPS) is 16.1. The summed E-state index contributed by atoms with van der Waals surface area (Å²) in [5.41, 5.74) is 2.58. The maximum Gasteiger partial charge on any atom is 0.151 e. The fourth-order valence-electron chi connectivity index (χ4n) is 1.38. The Morgan fingerprint density at radius 1 is 1.50 bits per heavy atom. The van der Waals surface area contributed by atoms with Gasteiger partial charge in [0, 0.05) is 17.8 Å². The number of fused-ring (bicyclic) bond motifs is 1. The first-order chi connectivity index (χ1) is 4.88. The number of anilines is 1. The van der Waals surface area contributed by atoms with Gasteiger partial charge in [-0.1, -0.05) is 0 Å². The van der Waals surface area contributed by atoms with Crippen molar-refractivity contribution in [2.24, 2.45) is 0 Å². The van der Waals surface area contributed by atoms with Gasteiger partial charge in [-0.15, -0.1) is 0 Å². The maximum absolute atomic E-state index is 4.12. The molecular formula is C7H11N3. The van der Waals surface area contributed by atoms with E-state index in [9.17, 15) is 0 Å². The van der Waals surface area contributed by atoms with Gasteiger partial charge in [-0.2, -0.15) is 5.10 Å². The molecule has 0 saturated heterocycles. The van der Waals surface area contributed by atoms with E-state index in [-0.39, 0.29) is 0 Å². The highest BCUT2D eigenvalue weighted by molar-refractivity contribution is 5.47. The zero-order valence-electron chi connectivity index (χ0n) is 6.07. The van der Waals surface area contributed by atoms with Crippen molar-refractivity contribution in [3.8, 4) is 0 Å². The molecule has 3 heteroatoms. The predicted octanol–water partition coefficient (Wildman–Crippen LogP) is 1.08. The van der Waals surface area contributed by atoms with Gasteiger partial charge in [-0.25, -0.2) is 0 Å². The molecule has 0 spiro atoms. The van der Waals surface area contributed by atoms with Gasteiger partial charge in [0.15, 0.2) is 5.82 Å². The van der Waals surface area contributed by atoms with Gasteiger partial charge in [-0.05, 0) is 19.8 Å². The lowest BCUT2D eigenvalue weighted by Crippen LogP contribution is -2.10. The van der Waals surface area contributed by atoms with Crippen LogP contribution in [0.15, 0.2) is 0 Å². The van der Waals surface area contributed by atoms with Gasteiger partial charge in [0.2, 0.25) is 0 Å². The summed E-state index contributed by atoms with van der Waals surface area (Å²) in [5.74, 6) is 1.06. The maximum atomic E-state index is 4.12. The first kappa shape index (κ1) is 5.77. The number of aryl methyl sites for hydroxylation is 1. The van der Waals surface area contributed by atoms with Crippen molar-refractivity contribution in [1.29, 1.82) is 0 Å². The molecule has 54 valence electrons. The van der Waals surface area contributed by atoms with E-state index in [2.05, 4.69) is 22.4 Å². The molecule has 0 unspecified atom stereocenters. The van der Waals surface area contributed by atoms with Crippen LogP contribution in [-0.4, -0.2) is 16.7 Å². The molecule has 0 saturated carbocycles. The molecule has 0 fully saturated rings. The SMILES string of the molecule is Cc1[nH]nc2c1CCCN2. The summed E-state index contributed by atoms with van der Waals surface area (Å²) in [5, 5.41) is 10.3. The summed E-state index contributed by atoms with van der Waals surface area (Å²) in [7, 11) is 0. The van der Waals surface area contributed by atoms with E-state index in [1.54, 1.807) is 0 Å². The number of hydrogen-bond acceptors (Lipinski definition) is 2. The molecule has 2 heterocycles. The quantitative estimate of drug-likeness (QED) is 0.561. The number of nitrogens with zero attached hydrogens (tertiary/aromatic N) is 1. The minimum absolute atomic E-state index is 1.06. The first-order valence-electron chi connectivity index (χ1n) is 3.65. The summed E-state index contributed by atoms with van der Waals surface area (Å²) < 4.78 is 0.